The van der Waals surface area contributed by atoms with Gasteiger partial charge in [0.15, 0.2) is 5.82 Å². The van der Waals surface area contributed by atoms with E-state index in [0.717, 1.165) is 26.6 Å². The highest BCUT2D eigenvalue weighted by atomic mass is 32.2. The summed E-state index contributed by atoms with van der Waals surface area (Å²) < 4.78 is 6.62. The first-order valence-corrected chi connectivity index (χ1v) is 10.6. The SMILES string of the molecule is COc1ccc(-c2nnc(SC(C)c3nc4sc(C)c(C)c4c(=O)[nH]3)n2N)cc1. The van der Waals surface area contributed by atoms with Crippen LogP contribution in [0, 0.1) is 13.8 Å². The Morgan fingerprint density at radius 2 is 1.97 bits per heavy atom. The second-order valence-electron chi connectivity index (χ2n) is 6.58. The van der Waals surface area contributed by atoms with Crippen LogP contribution in [0.5, 0.6) is 5.75 Å². The highest BCUT2D eigenvalue weighted by molar-refractivity contribution is 7.99. The molecular formula is C19H20N6O2S2. The van der Waals surface area contributed by atoms with Gasteiger partial charge in [-0.3, -0.25) is 4.79 Å². The van der Waals surface area contributed by atoms with E-state index in [9.17, 15) is 4.79 Å². The molecule has 8 nitrogen and oxygen atoms in total. The number of aryl methyl sites for hydroxylation is 2. The maximum atomic E-state index is 12.5. The summed E-state index contributed by atoms with van der Waals surface area (Å²) in [5.41, 5.74) is 1.70. The molecule has 0 saturated carbocycles. The van der Waals surface area contributed by atoms with Crippen LogP contribution < -0.4 is 16.1 Å². The summed E-state index contributed by atoms with van der Waals surface area (Å²) in [5.74, 6) is 8.11. The van der Waals surface area contributed by atoms with Crippen molar-refractivity contribution in [3.63, 3.8) is 0 Å². The second kappa shape index (κ2) is 7.53. The van der Waals surface area contributed by atoms with E-state index in [1.54, 1.807) is 7.11 Å². The maximum absolute atomic E-state index is 12.5. The lowest BCUT2D eigenvalue weighted by molar-refractivity contribution is 0.415. The molecule has 0 aliphatic rings. The zero-order valence-corrected chi connectivity index (χ0v) is 18.0. The van der Waals surface area contributed by atoms with E-state index in [-0.39, 0.29) is 10.8 Å². The van der Waals surface area contributed by atoms with Crippen molar-refractivity contribution >= 4 is 33.3 Å². The van der Waals surface area contributed by atoms with Gasteiger partial charge in [-0.1, -0.05) is 11.8 Å². The third-order valence-corrected chi connectivity index (χ3v) is 6.90. The Morgan fingerprint density at radius 1 is 1.24 bits per heavy atom. The second-order valence-corrected chi connectivity index (χ2v) is 9.09. The first-order chi connectivity index (χ1) is 13.9. The average Bonchev–Trinajstić information content (AvgIpc) is 3.21. The molecule has 0 fully saturated rings. The zero-order chi connectivity index (χ0) is 20.7. The third kappa shape index (κ3) is 3.49. The van der Waals surface area contributed by atoms with Crippen molar-refractivity contribution in [1.29, 1.82) is 0 Å². The number of rotatable bonds is 5. The zero-order valence-electron chi connectivity index (χ0n) is 16.4. The van der Waals surface area contributed by atoms with E-state index in [2.05, 4.69) is 20.2 Å². The lowest BCUT2D eigenvalue weighted by Crippen LogP contribution is -2.14. The minimum absolute atomic E-state index is 0.118. The first-order valence-electron chi connectivity index (χ1n) is 8.90. The van der Waals surface area contributed by atoms with E-state index in [0.29, 0.717) is 22.2 Å². The van der Waals surface area contributed by atoms with E-state index >= 15 is 0 Å². The molecule has 3 aromatic heterocycles. The molecule has 1 aromatic carbocycles. The Balaban J connectivity index is 1.62. The van der Waals surface area contributed by atoms with Crippen LogP contribution in [0.15, 0.2) is 34.2 Å². The molecule has 3 heterocycles. The van der Waals surface area contributed by atoms with Gasteiger partial charge >= 0.3 is 0 Å². The van der Waals surface area contributed by atoms with Crippen molar-refractivity contribution < 1.29 is 4.74 Å². The van der Waals surface area contributed by atoms with Crippen molar-refractivity contribution in [2.45, 2.75) is 31.2 Å². The van der Waals surface area contributed by atoms with Gasteiger partial charge in [-0.15, -0.1) is 21.5 Å². The molecule has 150 valence electrons. The molecule has 4 rings (SSSR count). The van der Waals surface area contributed by atoms with Crippen molar-refractivity contribution in [3.05, 3.63) is 50.9 Å². The van der Waals surface area contributed by atoms with Crippen molar-refractivity contribution in [2.75, 3.05) is 13.0 Å². The van der Waals surface area contributed by atoms with Crippen LogP contribution in [-0.2, 0) is 0 Å². The van der Waals surface area contributed by atoms with E-state index in [1.165, 1.54) is 27.8 Å². The number of nitrogens with two attached hydrogens (primary N) is 1. The number of nitrogen functional groups attached to an aromatic ring is 1. The average molecular weight is 429 g/mol. The van der Waals surface area contributed by atoms with Crippen LogP contribution >= 0.6 is 23.1 Å². The fourth-order valence-electron chi connectivity index (χ4n) is 2.97. The molecule has 29 heavy (non-hydrogen) atoms. The van der Waals surface area contributed by atoms with Gasteiger partial charge in [0, 0.05) is 10.4 Å². The lowest BCUT2D eigenvalue weighted by Gasteiger charge is -2.10. The van der Waals surface area contributed by atoms with Gasteiger partial charge in [0.1, 0.15) is 16.4 Å². The minimum Gasteiger partial charge on any atom is -0.497 e. The Kier molecular flexibility index (Phi) is 5.05. The summed E-state index contributed by atoms with van der Waals surface area (Å²) in [5, 5.41) is 9.45. The van der Waals surface area contributed by atoms with Crippen LogP contribution in [0.2, 0.25) is 0 Å². The fourth-order valence-corrected chi connectivity index (χ4v) is 4.84. The number of benzene rings is 1. The topological polar surface area (TPSA) is 112 Å². The minimum atomic E-state index is -0.162. The summed E-state index contributed by atoms with van der Waals surface area (Å²) in [4.78, 5) is 21.9. The standard InChI is InChI=1S/C19H20N6O2S2/c1-9-10(2)28-18-14(9)17(26)21-15(22-18)11(3)29-19-24-23-16(25(19)20)12-5-7-13(27-4)8-6-12/h5-8,11H,20H2,1-4H3,(H,21,22,26). The lowest BCUT2D eigenvalue weighted by atomic mass is 10.2. The maximum Gasteiger partial charge on any atom is 0.259 e. The molecule has 1 atom stereocenters. The Bertz CT molecular complexity index is 1240. The molecule has 0 radical (unpaired) electrons. The van der Waals surface area contributed by atoms with Gasteiger partial charge in [-0.25, -0.2) is 9.66 Å². The van der Waals surface area contributed by atoms with Crippen LogP contribution in [0.1, 0.15) is 28.4 Å². The quantitative estimate of drug-likeness (QED) is 0.370. The highest BCUT2D eigenvalue weighted by Gasteiger charge is 2.20. The molecule has 0 amide bonds. The number of ether oxygens (including phenoxy) is 1. The number of hydrogen-bond donors (Lipinski definition) is 2. The van der Waals surface area contributed by atoms with Gasteiger partial charge in [-0.05, 0) is 50.6 Å². The monoisotopic (exact) mass is 428 g/mol. The van der Waals surface area contributed by atoms with Gasteiger partial charge in [0.25, 0.3) is 5.56 Å². The molecular weight excluding hydrogens is 408 g/mol. The van der Waals surface area contributed by atoms with Crippen LogP contribution in [0.4, 0.5) is 0 Å². The molecule has 0 aliphatic carbocycles. The number of fused-ring (bicyclic) bond motifs is 1. The number of aromatic amines is 1. The fraction of sp³-hybridized carbons (Fsp3) is 0.263. The molecule has 1 unspecified atom stereocenters. The first kappa shape index (κ1) is 19.5. The van der Waals surface area contributed by atoms with Gasteiger partial charge in [-0.2, -0.15) is 0 Å². The van der Waals surface area contributed by atoms with E-state index in [4.69, 9.17) is 10.6 Å². The molecule has 0 spiro atoms. The van der Waals surface area contributed by atoms with Gasteiger partial charge in [0.2, 0.25) is 5.16 Å². The van der Waals surface area contributed by atoms with Crippen molar-refractivity contribution in [3.8, 4) is 17.1 Å². The number of H-pyrrole nitrogens is 1. The number of thiophene rings is 1. The van der Waals surface area contributed by atoms with Crippen LogP contribution in [0.3, 0.4) is 0 Å². The molecule has 0 aliphatic heterocycles. The largest absolute Gasteiger partial charge is 0.497 e. The van der Waals surface area contributed by atoms with Gasteiger partial charge < -0.3 is 15.6 Å². The molecule has 10 heteroatoms. The summed E-state index contributed by atoms with van der Waals surface area (Å²) in [6.45, 7) is 5.89. The number of methoxy groups -OCH3 is 1. The predicted octanol–water partition coefficient (Wildman–Crippen LogP) is 3.44. The predicted molar refractivity (Wildman–Crippen MR) is 116 cm³/mol. The van der Waals surface area contributed by atoms with E-state index < -0.39 is 0 Å². The molecule has 4 aromatic rings. The molecule has 0 bridgehead atoms. The summed E-state index contributed by atoms with van der Waals surface area (Å²) in [6.07, 6.45) is 0. The summed E-state index contributed by atoms with van der Waals surface area (Å²) in [6, 6.07) is 7.43. The van der Waals surface area contributed by atoms with Crippen molar-refractivity contribution in [1.82, 2.24) is 24.8 Å². The number of thioether (sulfide) groups is 1. The van der Waals surface area contributed by atoms with Crippen LogP contribution in [0.25, 0.3) is 21.6 Å². The number of nitrogens with one attached hydrogen (secondary N) is 1. The third-order valence-electron chi connectivity index (χ3n) is 4.74. The van der Waals surface area contributed by atoms with E-state index in [1.807, 2.05) is 45.0 Å². The Labute approximate surface area is 175 Å². The summed E-state index contributed by atoms with van der Waals surface area (Å²) >= 11 is 2.92. The normalized spacial score (nSPS) is 12.4. The molecule has 3 N–H and O–H groups in total. The number of hydrogen-bond acceptors (Lipinski definition) is 8. The number of aromatic nitrogens is 5. The highest BCUT2D eigenvalue weighted by Crippen LogP contribution is 2.34. The van der Waals surface area contributed by atoms with Crippen LogP contribution in [-0.4, -0.2) is 32.0 Å². The molecule has 0 saturated heterocycles. The Hall–Kier alpha value is -2.85. The van der Waals surface area contributed by atoms with Gasteiger partial charge in [0.05, 0.1) is 17.7 Å². The smallest absolute Gasteiger partial charge is 0.259 e. The van der Waals surface area contributed by atoms with Crippen molar-refractivity contribution in [2.24, 2.45) is 0 Å². The summed E-state index contributed by atoms with van der Waals surface area (Å²) in [7, 11) is 1.62. The Morgan fingerprint density at radius 3 is 2.66 bits per heavy atom. The number of nitrogens with zero attached hydrogens (tertiary/aromatic N) is 4.